The Bertz CT molecular complexity index is 873. The number of carbonyl (C=O) groups excluding carboxylic acids is 1. The van der Waals surface area contributed by atoms with Crippen molar-refractivity contribution in [3.63, 3.8) is 0 Å². The summed E-state index contributed by atoms with van der Waals surface area (Å²) in [6, 6.07) is 8.81. The van der Waals surface area contributed by atoms with Crippen molar-refractivity contribution in [2.24, 2.45) is 0 Å². The van der Waals surface area contributed by atoms with E-state index in [4.69, 9.17) is 4.42 Å². The molecule has 2 aromatic rings. The summed E-state index contributed by atoms with van der Waals surface area (Å²) in [6.07, 6.45) is 3.13. The van der Waals surface area contributed by atoms with E-state index in [1.54, 1.807) is 12.1 Å². The Labute approximate surface area is 152 Å². The number of nitrogens with zero attached hydrogens (tertiary/aromatic N) is 1. The van der Waals surface area contributed by atoms with Gasteiger partial charge in [0.05, 0.1) is 0 Å². The number of piperidine rings is 1. The van der Waals surface area contributed by atoms with Gasteiger partial charge in [-0.3, -0.25) is 4.79 Å². The molecule has 1 N–H and O–H groups in total. The molecule has 1 fully saturated rings. The largest absolute Gasteiger partial charge is 0.438 e. The molecule has 26 heavy (non-hydrogen) atoms. The smallest absolute Gasteiger partial charge is 0.287 e. The van der Waals surface area contributed by atoms with Crippen LogP contribution in [0.5, 0.6) is 0 Å². The molecule has 140 valence electrons. The number of benzene rings is 1. The molecule has 0 atom stereocenters. The maximum Gasteiger partial charge on any atom is 0.287 e. The van der Waals surface area contributed by atoms with Gasteiger partial charge in [0.2, 0.25) is 5.09 Å². The van der Waals surface area contributed by atoms with E-state index in [9.17, 15) is 17.6 Å². The Morgan fingerprint density at radius 2 is 1.92 bits per heavy atom. The van der Waals surface area contributed by atoms with Crippen molar-refractivity contribution in [3.05, 3.63) is 53.5 Å². The van der Waals surface area contributed by atoms with Gasteiger partial charge < -0.3 is 9.73 Å². The Hall–Kier alpha value is -2.19. The van der Waals surface area contributed by atoms with E-state index < -0.39 is 15.9 Å². The molecule has 0 spiro atoms. The van der Waals surface area contributed by atoms with E-state index in [0.29, 0.717) is 19.5 Å². The molecule has 3 rings (SSSR count). The molecule has 0 bridgehead atoms. The molecule has 1 aromatic carbocycles. The molecule has 0 saturated carbocycles. The average molecular weight is 380 g/mol. The fourth-order valence-electron chi connectivity index (χ4n) is 2.91. The first-order valence-corrected chi connectivity index (χ1v) is 10.0. The minimum Gasteiger partial charge on any atom is -0.438 e. The highest BCUT2D eigenvalue weighted by molar-refractivity contribution is 7.89. The molecule has 8 heteroatoms. The van der Waals surface area contributed by atoms with Gasteiger partial charge >= 0.3 is 0 Å². The third kappa shape index (κ3) is 4.31. The quantitative estimate of drug-likeness (QED) is 0.835. The van der Waals surface area contributed by atoms with Crippen molar-refractivity contribution >= 4 is 15.9 Å². The first-order valence-electron chi connectivity index (χ1n) is 8.59. The van der Waals surface area contributed by atoms with Crippen LogP contribution < -0.4 is 5.32 Å². The molecule has 6 nitrogen and oxygen atoms in total. The van der Waals surface area contributed by atoms with Crippen LogP contribution in [0.1, 0.15) is 35.4 Å². The van der Waals surface area contributed by atoms with Crippen molar-refractivity contribution in [1.82, 2.24) is 9.62 Å². The Balaban J connectivity index is 1.59. The molecule has 1 aliphatic rings. The molecular formula is C18H21FN2O4S. The number of halogens is 1. The van der Waals surface area contributed by atoms with E-state index in [1.807, 2.05) is 0 Å². The van der Waals surface area contributed by atoms with Gasteiger partial charge in [-0.2, -0.15) is 4.31 Å². The van der Waals surface area contributed by atoms with Crippen molar-refractivity contribution < 1.29 is 22.0 Å². The van der Waals surface area contributed by atoms with E-state index in [0.717, 1.165) is 24.8 Å². The van der Waals surface area contributed by atoms with Crippen molar-refractivity contribution in [1.29, 1.82) is 0 Å². The van der Waals surface area contributed by atoms with Crippen LogP contribution in [0.3, 0.4) is 0 Å². The average Bonchev–Trinajstić information content (AvgIpc) is 3.13. The van der Waals surface area contributed by atoms with Crippen molar-refractivity contribution in [2.45, 2.75) is 30.8 Å². The first-order chi connectivity index (χ1) is 12.5. The highest BCUT2D eigenvalue weighted by Gasteiger charge is 2.29. The molecule has 2 heterocycles. The summed E-state index contributed by atoms with van der Waals surface area (Å²) in [6.45, 7) is 1.23. The summed E-state index contributed by atoms with van der Waals surface area (Å²) in [4.78, 5) is 12.1. The number of rotatable bonds is 6. The SMILES string of the molecule is O=C(NCCc1cccc(F)c1)c1ccc(S(=O)(=O)N2CCCCC2)o1. The molecule has 1 amide bonds. The summed E-state index contributed by atoms with van der Waals surface area (Å²) in [7, 11) is -3.70. The van der Waals surface area contributed by atoms with Crippen LogP contribution in [-0.4, -0.2) is 38.3 Å². The highest BCUT2D eigenvalue weighted by atomic mass is 32.2. The number of hydrogen-bond acceptors (Lipinski definition) is 4. The lowest BCUT2D eigenvalue weighted by Crippen LogP contribution is -2.35. The van der Waals surface area contributed by atoms with Crippen LogP contribution in [0.25, 0.3) is 0 Å². The third-order valence-corrected chi connectivity index (χ3v) is 6.08. The van der Waals surface area contributed by atoms with Crippen LogP contribution in [-0.2, 0) is 16.4 Å². The molecule has 1 saturated heterocycles. The van der Waals surface area contributed by atoms with E-state index in [2.05, 4.69) is 5.32 Å². The zero-order valence-corrected chi connectivity index (χ0v) is 15.1. The fraction of sp³-hybridized carbons (Fsp3) is 0.389. The summed E-state index contributed by atoms with van der Waals surface area (Å²) < 4.78 is 44.8. The Morgan fingerprint density at radius 1 is 1.15 bits per heavy atom. The summed E-state index contributed by atoms with van der Waals surface area (Å²) in [5.74, 6) is -0.881. The summed E-state index contributed by atoms with van der Waals surface area (Å²) in [5, 5.41) is 2.43. The van der Waals surface area contributed by atoms with Crippen LogP contribution in [0.2, 0.25) is 0 Å². The van der Waals surface area contributed by atoms with Gasteiger partial charge in [0, 0.05) is 19.6 Å². The number of hydrogen-bond donors (Lipinski definition) is 1. The van der Waals surface area contributed by atoms with Gasteiger partial charge in [-0.15, -0.1) is 0 Å². The molecule has 1 aliphatic heterocycles. The summed E-state index contributed by atoms with van der Waals surface area (Å²) in [5.41, 5.74) is 0.762. The van der Waals surface area contributed by atoms with Crippen molar-refractivity contribution in [3.8, 4) is 0 Å². The van der Waals surface area contributed by atoms with Gasteiger partial charge in [0.1, 0.15) is 5.82 Å². The lowest BCUT2D eigenvalue weighted by atomic mass is 10.1. The number of sulfonamides is 1. The zero-order chi connectivity index (χ0) is 18.6. The topological polar surface area (TPSA) is 79.6 Å². The predicted octanol–water partition coefficient (Wildman–Crippen LogP) is 2.57. The van der Waals surface area contributed by atoms with Gasteiger partial charge in [-0.1, -0.05) is 18.6 Å². The van der Waals surface area contributed by atoms with Gasteiger partial charge in [-0.05, 0) is 49.1 Å². The second kappa shape index (κ2) is 8.01. The maximum atomic E-state index is 13.1. The molecule has 0 unspecified atom stereocenters. The fourth-order valence-corrected chi connectivity index (χ4v) is 4.34. The normalized spacial score (nSPS) is 15.7. The second-order valence-electron chi connectivity index (χ2n) is 6.22. The minimum atomic E-state index is -3.70. The maximum absolute atomic E-state index is 13.1. The monoisotopic (exact) mass is 380 g/mol. The first kappa shape index (κ1) is 18.6. The van der Waals surface area contributed by atoms with Crippen LogP contribution >= 0.6 is 0 Å². The Kier molecular flexibility index (Phi) is 5.73. The Morgan fingerprint density at radius 3 is 2.65 bits per heavy atom. The number of furan rings is 1. The standard InChI is InChI=1S/C18H21FN2O4S/c19-15-6-4-5-14(13-15)9-10-20-18(22)16-7-8-17(25-16)26(23,24)21-11-2-1-3-12-21/h4-8,13H,1-3,9-12H2,(H,20,22). The van der Waals surface area contributed by atoms with Crippen molar-refractivity contribution in [2.75, 3.05) is 19.6 Å². The lowest BCUT2D eigenvalue weighted by molar-refractivity contribution is 0.0921. The molecule has 0 radical (unpaired) electrons. The van der Waals surface area contributed by atoms with Gasteiger partial charge in [-0.25, -0.2) is 12.8 Å². The van der Waals surface area contributed by atoms with Gasteiger partial charge in [0.15, 0.2) is 5.76 Å². The summed E-state index contributed by atoms with van der Waals surface area (Å²) >= 11 is 0. The number of nitrogens with one attached hydrogen (secondary N) is 1. The zero-order valence-electron chi connectivity index (χ0n) is 14.3. The van der Waals surface area contributed by atoms with E-state index >= 15 is 0 Å². The lowest BCUT2D eigenvalue weighted by Gasteiger charge is -2.24. The van der Waals surface area contributed by atoms with Crippen LogP contribution in [0, 0.1) is 5.82 Å². The van der Waals surface area contributed by atoms with E-state index in [-0.39, 0.29) is 23.2 Å². The highest BCUT2D eigenvalue weighted by Crippen LogP contribution is 2.22. The molecule has 1 aromatic heterocycles. The molecule has 0 aliphatic carbocycles. The van der Waals surface area contributed by atoms with Crippen LogP contribution in [0.15, 0.2) is 45.9 Å². The number of carbonyl (C=O) groups is 1. The third-order valence-electron chi connectivity index (χ3n) is 4.30. The predicted molar refractivity (Wildman–Crippen MR) is 93.8 cm³/mol. The minimum absolute atomic E-state index is 0.0557. The van der Waals surface area contributed by atoms with Crippen LogP contribution in [0.4, 0.5) is 4.39 Å². The molecular weight excluding hydrogens is 359 g/mol. The van der Waals surface area contributed by atoms with Gasteiger partial charge in [0.25, 0.3) is 15.9 Å². The number of amides is 1. The second-order valence-corrected chi connectivity index (χ2v) is 8.09. The van der Waals surface area contributed by atoms with E-state index in [1.165, 1.54) is 28.6 Å².